The molecule has 0 bridgehead atoms. The molecule has 2 heterocycles. The van der Waals surface area contributed by atoms with Crippen LogP contribution < -0.4 is 0 Å². The van der Waals surface area contributed by atoms with Gasteiger partial charge < -0.3 is 14.6 Å². The fourth-order valence-corrected chi connectivity index (χ4v) is 3.76. The number of carbonyl (C=O) groups excluding carboxylic acids is 1. The average Bonchev–Trinajstić information content (AvgIpc) is 3.15. The molecule has 1 aliphatic heterocycles. The summed E-state index contributed by atoms with van der Waals surface area (Å²) in [4.78, 5) is 35.5. The molecule has 0 atom stereocenters. The second-order valence-corrected chi connectivity index (χ2v) is 7.45. The predicted octanol–water partition coefficient (Wildman–Crippen LogP) is 3.58. The predicted molar refractivity (Wildman–Crippen MR) is 104 cm³/mol. The van der Waals surface area contributed by atoms with Crippen molar-refractivity contribution in [1.29, 1.82) is 0 Å². The first-order chi connectivity index (χ1) is 12.8. The molecule has 1 amide bonds. The molecule has 2 N–H and O–H groups in total. The Kier molecular flexibility index (Phi) is 5.36. The van der Waals surface area contributed by atoms with Crippen molar-refractivity contribution < 1.29 is 29.0 Å². The number of aliphatic carboxylic acids is 1. The highest BCUT2D eigenvalue weighted by molar-refractivity contribution is 8.26. The zero-order valence-corrected chi connectivity index (χ0v) is 15.7. The van der Waals surface area contributed by atoms with E-state index in [-0.39, 0.29) is 19.8 Å². The summed E-state index contributed by atoms with van der Waals surface area (Å²) in [7, 11) is 0. The van der Waals surface area contributed by atoms with Gasteiger partial charge in [-0.1, -0.05) is 35.6 Å². The smallest absolute Gasteiger partial charge is 0.337 e. The highest BCUT2D eigenvalue weighted by atomic mass is 35.5. The number of hydrogen-bond acceptors (Lipinski definition) is 6. The maximum Gasteiger partial charge on any atom is 0.337 e. The van der Waals surface area contributed by atoms with Gasteiger partial charge in [0.15, 0.2) is 0 Å². The molecule has 7 nitrogen and oxygen atoms in total. The van der Waals surface area contributed by atoms with E-state index in [0.717, 1.165) is 16.7 Å². The third-order valence-electron chi connectivity index (χ3n) is 3.55. The first-order valence-electron chi connectivity index (χ1n) is 7.36. The Hall–Kier alpha value is -2.62. The van der Waals surface area contributed by atoms with Gasteiger partial charge in [0.2, 0.25) is 0 Å². The number of aromatic carboxylic acids is 1. The summed E-state index contributed by atoms with van der Waals surface area (Å²) >= 11 is 11.9. The van der Waals surface area contributed by atoms with E-state index in [9.17, 15) is 14.4 Å². The lowest BCUT2D eigenvalue weighted by molar-refractivity contribution is -0.140. The number of amides is 1. The van der Waals surface area contributed by atoms with Crippen LogP contribution in [0.2, 0.25) is 5.02 Å². The molecule has 27 heavy (non-hydrogen) atoms. The van der Waals surface area contributed by atoms with Crippen LogP contribution in [0.4, 0.5) is 0 Å². The number of thiocarbonyl (C=S) groups is 1. The number of benzene rings is 1. The maximum atomic E-state index is 12.3. The number of carboxylic acids is 2. The molecular formula is C17H10ClNO6S2. The van der Waals surface area contributed by atoms with Crippen molar-refractivity contribution in [2.24, 2.45) is 0 Å². The summed E-state index contributed by atoms with van der Waals surface area (Å²) in [5.74, 6) is -2.10. The SMILES string of the molecule is O=C(O)CN1C(=O)/C(=C\c2ccc(-c3ccc(Cl)c(C(=O)O)c3)o2)SC1=S. The Morgan fingerprint density at radius 2 is 2.00 bits per heavy atom. The summed E-state index contributed by atoms with van der Waals surface area (Å²) in [6.07, 6.45) is 1.46. The quantitative estimate of drug-likeness (QED) is 0.555. The van der Waals surface area contributed by atoms with Gasteiger partial charge in [-0.05, 0) is 30.3 Å². The van der Waals surface area contributed by atoms with E-state index in [1.165, 1.54) is 18.2 Å². The molecule has 0 unspecified atom stereocenters. The Morgan fingerprint density at radius 3 is 2.67 bits per heavy atom. The number of carbonyl (C=O) groups is 3. The number of rotatable bonds is 5. The molecule has 10 heteroatoms. The molecular weight excluding hydrogens is 414 g/mol. The van der Waals surface area contributed by atoms with Gasteiger partial charge in [-0.2, -0.15) is 0 Å². The highest BCUT2D eigenvalue weighted by Gasteiger charge is 2.33. The fraction of sp³-hybridized carbons (Fsp3) is 0.0588. The van der Waals surface area contributed by atoms with E-state index in [1.54, 1.807) is 18.2 Å². The van der Waals surface area contributed by atoms with Crippen molar-refractivity contribution >= 4 is 63.8 Å². The minimum atomic E-state index is -1.16. The van der Waals surface area contributed by atoms with Crippen molar-refractivity contribution in [2.75, 3.05) is 6.54 Å². The van der Waals surface area contributed by atoms with Gasteiger partial charge in [0.05, 0.1) is 15.5 Å². The monoisotopic (exact) mass is 423 g/mol. The van der Waals surface area contributed by atoms with Gasteiger partial charge in [0.25, 0.3) is 5.91 Å². The van der Waals surface area contributed by atoms with Crippen LogP contribution in [-0.2, 0) is 9.59 Å². The molecule has 3 rings (SSSR count). The number of nitrogens with zero attached hydrogens (tertiary/aromatic N) is 1. The van der Waals surface area contributed by atoms with Crippen molar-refractivity contribution in [3.05, 3.63) is 51.6 Å². The second kappa shape index (κ2) is 7.55. The Morgan fingerprint density at radius 1 is 1.26 bits per heavy atom. The van der Waals surface area contributed by atoms with Crippen molar-refractivity contribution in [3.63, 3.8) is 0 Å². The van der Waals surface area contributed by atoms with E-state index < -0.39 is 24.4 Å². The molecule has 2 aromatic rings. The van der Waals surface area contributed by atoms with E-state index in [1.807, 2.05) is 0 Å². The van der Waals surface area contributed by atoms with E-state index >= 15 is 0 Å². The maximum absolute atomic E-state index is 12.3. The minimum absolute atomic E-state index is 0.0540. The van der Waals surface area contributed by atoms with Crippen molar-refractivity contribution in [3.8, 4) is 11.3 Å². The molecule has 1 aromatic carbocycles. The van der Waals surface area contributed by atoms with E-state index in [0.29, 0.717) is 17.1 Å². The molecule has 1 saturated heterocycles. The van der Waals surface area contributed by atoms with Gasteiger partial charge >= 0.3 is 11.9 Å². The molecule has 1 aromatic heterocycles. The molecule has 0 radical (unpaired) electrons. The number of hydrogen-bond donors (Lipinski definition) is 2. The van der Waals surface area contributed by atoms with E-state index in [4.69, 9.17) is 38.4 Å². The summed E-state index contributed by atoms with van der Waals surface area (Å²) in [5, 5.41) is 18.1. The van der Waals surface area contributed by atoms with Gasteiger partial charge in [-0.3, -0.25) is 14.5 Å². The lowest BCUT2D eigenvalue weighted by Gasteiger charge is -2.09. The zero-order chi connectivity index (χ0) is 19.7. The third-order valence-corrected chi connectivity index (χ3v) is 5.26. The summed E-state index contributed by atoms with van der Waals surface area (Å²) in [6.45, 7) is -0.506. The van der Waals surface area contributed by atoms with Crippen LogP contribution in [-0.4, -0.2) is 43.8 Å². The molecule has 0 spiro atoms. The van der Waals surface area contributed by atoms with Crippen LogP contribution in [0.3, 0.4) is 0 Å². The van der Waals surface area contributed by atoms with E-state index in [2.05, 4.69) is 0 Å². The van der Waals surface area contributed by atoms with Gasteiger partial charge in [0.1, 0.15) is 22.4 Å². The number of halogens is 1. The highest BCUT2D eigenvalue weighted by Crippen LogP contribution is 2.34. The van der Waals surface area contributed by atoms with Crippen LogP contribution in [0.25, 0.3) is 17.4 Å². The third kappa shape index (κ3) is 4.05. The second-order valence-electron chi connectivity index (χ2n) is 5.36. The van der Waals surface area contributed by atoms with Crippen LogP contribution in [0.1, 0.15) is 16.1 Å². The zero-order valence-electron chi connectivity index (χ0n) is 13.3. The minimum Gasteiger partial charge on any atom is -0.480 e. The molecule has 1 aliphatic rings. The van der Waals surface area contributed by atoms with Crippen LogP contribution >= 0.6 is 35.6 Å². The number of furan rings is 1. The average molecular weight is 424 g/mol. The van der Waals surface area contributed by atoms with Crippen LogP contribution in [0, 0.1) is 0 Å². The molecule has 1 fully saturated rings. The standard InChI is InChI=1S/C17H10ClNO6S2/c18-11-3-1-8(5-10(11)16(23)24)12-4-2-9(25-12)6-13-15(22)19(7-14(20)21)17(26)27-13/h1-6H,7H2,(H,20,21)(H,23,24)/b13-6+. The van der Waals surface area contributed by atoms with Crippen molar-refractivity contribution in [2.45, 2.75) is 0 Å². The first-order valence-corrected chi connectivity index (χ1v) is 8.96. The lowest BCUT2D eigenvalue weighted by atomic mass is 10.1. The summed E-state index contributed by atoms with van der Waals surface area (Å²) < 4.78 is 5.81. The summed E-state index contributed by atoms with van der Waals surface area (Å²) in [5.41, 5.74) is 0.455. The lowest BCUT2D eigenvalue weighted by Crippen LogP contribution is -2.33. The molecule has 0 aliphatic carbocycles. The fourth-order valence-electron chi connectivity index (χ4n) is 2.33. The topological polar surface area (TPSA) is 108 Å². The van der Waals surface area contributed by atoms with Crippen LogP contribution in [0.15, 0.2) is 39.7 Å². The normalized spacial score (nSPS) is 15.6. The number of carboxylic acid groups (broad SMARTS) is 2. The molecule has 138 valence electrons. The Bertz CT molecular complexity index is 1010. The Labute approximate surface area is 167 Å². The summed E-state index contributed by atoms with van der Waals surface area (Å²) in [6, 6.07) is 7.69. The number of thioether (sulfide) groups is 1. The van der Waals surface area contributed by atoms with Gasteiger partial charge in [-0.15, -0.1) is 0 Å². The molecule has 0 saturated carbocycles. The van der Waals surface area contributed by atoms with Gasteiger partial charge in [0, 0.05) is 11.6 Å². The van der Waals surface area contributed by atoms with Crippen molar-refractivity contribution in [1.82, 2.24) is 4.90 Å². The van der Waals surface area contributed by atoms with Gasteiger partial charge in [-0.25, -0.2) is 4.79 Å². The largest absolute Gasteiger partial charge is 0.480 e. The first kappa shape index (κ1) is 19.2. The van der Waals surface area contributed by atoms with Crippen LogP contribution in [0.5, 0.6) is 0 Å². The Balaban J connectivity index is 1.87.